The average molecular weight is 538 g/mol. The Morgan fingerprint density at radius 2 is 1.31 bits per heavy atom. The van der Waals surface area contributed by atoms with Crippen molar-refractivity contribution in [3.8, 4) is 28.3 Å². The maximum absolute atomic E-state index is 6.34. The number of para-hydroxylation sites is 3. The van der Waals surface area contributed by atoms with Crippen LogP contribution in [0.2, 0.25) is 0 Å². The number of hydrogen-bond donors (Lipinski definition) is 0. The highest BCUT2D eigenvalue weighted by Gasteiger charge is 2.17. The molecule has 0 aliphatic rings. The zero-order valence-corrected chi connectivity index (χ0v) is 22.5. The van der Waals surface area contributed by atoms with Crippen LogP contribution in [0.25, 0.3) is 82.8 Å². The van der Waals surface area contributed by atoms with Crippen LogP contribution in [-0.4, -0.2) is 14.5 Å². The van der Waals surface area contributed by atoms with E-state index in [-0.39, 0.29) is 0 Å². The summed E-state index contributed by atoms with van der Waals surface area (Å²) in [6.45, 7) is 0. The van der Waals surface area contributed by atoms with Gasteiger partial charge in [-0.25, -0.2) is 9.97 Å². The Kier molecular flexibility index (Phi) is 4.87. The summed E-state index contributed by atoms with van der Waals surface area (Å²) in [5.41, 5.74) is 8.04. The number of rotatable bonds is 3. The second-order valence-electron chi connectivity index (χ2n) is 10.6. The minimum atomic E-state index is 0.653. The topological polar surface area (TPSA) is 43.9 Å². The second-order valence-corrected chi connectivity index (χ2v) is 10.6. The van der Waals surface area contributed by atoms with Gasteiger partial charge in [0.1, 0.15) is 11.2 Å². The van der Waals surface area contributed by atoms with Crippen molar-refractivity contribution in [1.82, 2.24) is 14.5 Å². The summed E-state index contributed by atoms with van der Waals surface area (Å²) in [6.07, 6.45) is 1.86. The number of hydrogen-bond acceptors (Lipinski definition) is 3. The van der Waals surface area contributed by atoms with E-state index in [1.807, 2.05) is 24.4 Å². The molecule has 0 aliphatic heterocycles. The van der Waals surface area contributed by atoms with Gasteiger partial charge in [-0.3, -0.25) is 4.57 Å². The molecule has 4 heteroatoms. The van der Waals surface area contributed by atoms with E-state index in [4.69, 9.17) is 14.4 Å². The summed E-state index contributed by atoms with van der Waals surface area (Å²) < 4.78 is 8.54. The largest absolute Gasteiger partial charge is 0.455 e. The van der Waals surface area contributed by atoms with Gasteiger partial charge in [0.25, 0.3) is 0 Å². The Balaban J connectivity index is 1.23. The highest BCUT2D eigenvalue weighted by atomic mass is 16.3. The van der Waals surface area contributed by atoms with E-state index < -0.39 is 0 Å². The van der Waals surface area contributed by atoms with Crippen LogP contribution in [0.15, 0.2) is 144 Å². The first-order chi connectivity index (χ1) is 20.8. The van der Waals surface area contributed by atoms with Gasteiger partial charge in [0, 0.05) is 44.3 Å². The van der Waals surface area contributed by atoms with Crippen molar-refractivity contribution in [3.05, 3.63) is 140 Å². The van der Waals surface area contributed by atoms with Crippen LogP contribution >= 0.6 is 0 Å². The van der Waals surface area contributed by atoms with E-state index in [0.717, 1.165) is 55.4 Å². The molecule has 42 heavy (non-hydrogen) atoms. The fourth-order valence-corrected chi connectivity index (χ4v) is 6.38. The minimum Gasteiger partial charge on any atom is -0.455 e. The SMILES string of the molecule is c1cc(-c2ccnc(-n3c4ccccc4c4ccc5ccccc5c43)n2)cc(-c2cccc3c2oc2ccccc23)c1. The van der Waals surface area contributed by atoms with Crippen LogP contribution in [0.3, 0.4) is 0 Å². The molecule has 4 nitrogen and oxygen atoms in total. The van der Waals surface area contributed by atoms with Crippen LogP contribution in [0, 0.1) is 0 Å². The average Bonchev–Trinajstić information content (AvgIpc) is 3.61. The predicted octanol–water partition coefficient (Wildman–Crippen LogP) is 9.96. The van der Waals surface area contributed by atoms with Crippen molar-refractivity contribution < 1.29 is 4.42 Å². The maximum atomic E-state index is 6.34. The van der Waals surface area contributed by atoms with Gasteiger partial charge in [-0.15, -0.1) is 0 Å². The van der Waals surface area contributed by atoms with Crippen molar-refractivity contribution in [1.29, 1.82) is 0 Å². The van der Waals surface area contributed by atoms with Crippen molar-refractivity contribution in [2.45, 2.75) is 0 Å². The van der Waals surface area contributed by atoms with Crippen LogP contribution in [-0.2, 0) is 0 Å². The molecule has 0 spiro atoms. The van der Waals surface area contributed by atoms with E-state index in [2.05, 4.69) is 120 Å². The van der Waals surface area contributed by atoms with E-state index in [9.17, 15) is 0 Å². The zero-order chi connectivity index (χ0) is 27.6. The van der Waals surface area contributed by atoms with Gasteiger partial charge in [0.05, 0.1) is 16.7 Å². The molecule has 0 aliphatic carbocycles. The van der Waals surface area contributed by atoms with Crippen LogP contribution in [0.5, 0.6) is 0 Å². The van der Waals surface area contributed by atoms with Gasteiger partial charge >= 0.3 is 0 Å². The maximum Gasteiger partial charge on any atom is 0.235 e. The molecule has 196 valence electrons. The Bertz CT molecular complexity index is 2480. The second kappa shape index (κ2) is 8.88. The standard InChI is InChI=1S/C38H23N3O/c1-2-12-27-24(9-1)19-20-31-29-13-3-5-17-34(29)41(36(27)31)38-39-22-21-33(40-38)26-11-7-10-25(23-26)28-15-8-16-32-30-14-4-6-18-35(30)42-37(28)32/h1-23H. The molecule has 0 unspecified atom stereocenters. The highest BCUT2D eigenvalue weighted by molar-refractivity contribution is 6.18. The summed E-state index contributed by atoms with van der Waals surface area (Å²) in [5, 5.41) is 7.01. The molecule has 0 amide bonds. The van der Waals surface area contributed by atoms with Crippen LogP contribution < -0.4 is 0 Å². The molecule has 0 saturated heterocycles. The summed E-state index contributed by atoms with van der Waals surface area (Å²) in [7, 11) is 0. The normalized spacial score (nSPS) is 11.8. The van der Waals surface area contributed by atoms with Gasteiger partial charge in [0.2, 0.25) is 5.95 Å². The first kappa shape index (κ1) is 23.0. The van der Waals surface area contributed by atoms with Crippen LogP contribution in [0.1, 0.15) is 0 Å². The number of fused-ring (bicyclic) bond motifs is 8. The minimum absolute atomic E-state index is 0.653. The van der Waals surface area contributed by atoms with Crippen molar-refractivity contribution in [2.24, 2.45) is 0 Å². The first-order valence-electron chi connectivity index (χ1n) is 14.1. The lowest BCUT2D eigenvalue weighted by Gasteiger charge is -2.10. The Labute approximate surface area is 241 Å². The Hall–Kier alpha value is -5.74. The van der Waals surface area contributed by atoms with Crippen molar-refractivity contribution in [3.63, 3.8) is 0 Å². The van der Waals surface area contributed by atoms with Gasteiger partial charge in [0.15, 0.2) is 0 Å². The third-order valence-electron chi connectivity index (χ3n) is 8.28. The molecule has 0 saturated carbocycles. The molecule has 0 fully saturated rings. The van der Waals surface area contributed by atoms with Gasteiger partial charge in [-0.1, -0.05) is 109 Å². The number of nitrogens with zero attached hydrogens (tertiary/aromatic N) is 3. The molecule has 9 aromatic rings. The van der Waals surface area contributed by atoms with Crippen molar-refractivity contribution >= 4 is 54.5 Å². The van der Waals surface area contributed by atoms with Crippen molar-refractivity contribution in [2.75, 3.05) is 0 Å². The molecule has 3 aromatic heterocycles. The molecule has 0 radical (unpaired) electrons. The van der Waals surface area contributed by atoms with Crippen LogP contribution in [0.4, 0.5) is 0 Å². The number of furan rings is 1. The molecule has 9 rings (SSSR count). The fraction of sp³-hybridized carbons (Fsp3) is 0. The number of benzene rings is 6. The fourth-order valence-electron chi connectivity index (χ4n) is 6.38. The smallest absolute Gasteiger partial charge is 0.235 e. The van der Waals surface area contributed by atoms with E-state index in [1.54, 1.807) is 0 Å². The lowest BCUT2D eigenvalue weighted by molar-refractivity contribution is 0.670. The molecular formula is C38H23N3O. The zero-order valence-electron chi connectivity index (χ0n) is 22.5. The lowest BCUT2D eigenvalue weighted by Crippen LogP contribution is -2.02. The summed E-state index contributed by atoms with van der Waals surface area (Å²) in [5.74, 6) is 0.653. The first-order valence-corrected chi connectivity index (χ1v) is 14.1. The molecule has 3 heterocycles. The molecule has 0 atom stereocenters. The Morgan fingerprint density at radius 3 is 2.26 bits per heavy atom. The van der Waals surface area contributed by atoms with Gasteiger partial charge in [-0.05, 0) is 35.2 Å². The Morgan fingerprint density at radius 1 is 0.548 bits per heavy atom. The van der Waals surface area contributed by atoms with E-state index in [1.165, 1.54) is 21.5 Å². The number of aromatic nitrogens is 3. The molecule has 0 bridgehead atoms. The monoisotopic (exact) mass is 537 g/mol. The summed E-state index contributed by atoms with van der Waals surface area (Å²) in [4.78, 5) is 9.95. The van der Waals surface area contributed by atoms with Gasteiger partial charge < -0.3 is 4.42 Å². The van der Waals surface area contributed by atoms with Gasteiger partial charge in [-0.2, -0.15) is 0 Å². The predicted molar refractivity (Wildman–Crippen MR) is 172 cm³/mol. The lowest BCUT2D eigenvalue weighted by atomic mass is 9.99. The molecule has 6 aromatic carbocycles. The third-order valence-corrected chi connectivity index (χ3v) is 8.28. The van der Waals surface area contributed by atoms with E-state index in [0.29, 0.717) is 5.95 Å². The molecule has 0 N–H and O–H groups in total. The summed E-state index contributed by atoms with van der Waals surface area (Å²) in [6, 6.07) is 46.4. The molecular weight excluding hydrogens is 514 g/mol. The third kappa shape index (κ3) is 3.36. The highest BCUT2D eigenvalue weighted by Crippen LogP contribution is 2.38. The summed E-state index contributed by atoms with van der Waals surface area (Å²) >= 11 is 0. The van der Waals surface area contributed by atoms with E-state index >= 15 is 0 Å². The quantitative estimate of drug-likeness (QED) is 0.225.